The van der Waals surface area contributed by atoms with Crippen LogP contribution >= 0.6 is 11.3 Å². The molecule has 9 heteroatoms. The Morgan fingerprint density at radius 1 is 1.19 bits per heavy atom. The number of carbonyl (C=O) groups excluding carboxylic acids is 1. The van der Waals surface area contributed by atoms with Crippen molar-refractivity contribution in [3.05, 3.63) is 57.2 Å². The molecule has 1 N–H and O–H groups in total. The van der Waals surface area contributed by atoms with E-state index in [0.717, 1.165) is 16.9 Å². The Morgan fingerprint density at radius 2 is 1.92 bits per heavy atom. The van der Waals surface area contributed by atoms with Crippen LogP contribution in [-0.2, 0) is 21.8 Å². The third kappa shape index (κ3) is 3.23. The number of sulfonamides is 1. The van der Waals surface area contributed by atoms with Gasteiger partial charge in [0.15, 0.2) is 0 Å². The van der Waals surface area contributed by atoms with E-state index in [-0.39, 0.29) is 15.3 Å². The molecule has 0 bridgehead atoms. The van der Waals surface area contributed by atoms with Gasteiger partial charge in [0.05, 0.1) is 33.5 Å². The summed E-state index contributed by atoms with van der Waals surface area (Å²) in [6.07, 6.45) is 0. The number of hydrogen-bond acceptors (Lipinski definition) is 6. The van der Waals surface area contributed by atoms with Crippen molar-refractivity contribution >= 4 is 43.2 Å². The van der Waals surface area contributed by atoms with E-state index in [1.807, 2.05) is 0 Å². The zero-order valence-corrected chi connectivity index (χ0v) is 15.9. The maximum atomic E-state index is 12.8. The lowest BCUT2D eigenvalue weighted by Gasteiger charge is -2.11. The average molecular weight is 392 g/mol. The van der Waals surface area contributed by atoms with Gasteiger partial charge < -0.3 is 9.30 Å². The minimum absolute atomic E-state index is 0.0123. The molecule has 0 aliphatic rings. The van der Waals surface area contributed by atoms with E-state index in [9.17, 15) is 18.0 Å². The predicted molar refractivity (Wildman–Crippen MR) is 100 cm³/mol. The van der Waals surface area contributed by atoms with Gasteiger partial charge in [-0.15, -0.1) is 0 Å². The number of thiazole rings is 1. The molecule has 0 amide bonds. The molecule has 3 rings (SSSR count). The lowest BCUT2D eigenvalue weighted by atomic mass is 10.1. The summed E-state index contributed by atoms with van der Waals surface area (Å²) in [7, 11) is -1.03. The molecule has 0 radical (unpaired) electrons. The molecule has 0 unspecified atom stereocenters. The molecule has 0 saturated carbocycles. The van der Waals surface area contributed by atoms with Gasteiger partial charge in [-0.1, -0.05) is 17.4 Å². The summed E-state index contributed by atoms with van der Waals surface area (Å²) in [5.74, 6) is -0.614. The van der Waals surface area contributed by atoms with Crippen LogP contribution in [0.3, 0.4) is 0 Å². The first-order valence-corrected chi connectivity index (χ1v) is 9.84. The van der Waals surface area contributed by atoms with Crippen LogP contribution in [0.1, 0.15) is 15.9 Å². The number of hydrogen-bond donors (Lipinski definition) is 1. The second kappa shape index (κ2) is 6.58. The molecule has 0 spiro atoms. The first-order chi connectivity index (χ1) is 12.2. The van der Waals surface area contributed by atoms with Crippen LogP contribution < -0.4 is 9.60 Å². The van der Waals surface area contributed by atoms with Crippen LogP contribution in [0.25, 0.3) is 10.2 Å². The second-order valence-electron chi connectivity index (χ2n) is 5.69. The van der Waals surface area contributed by atoms with E-state index in [4.69, 9.17) is 0 Å². The SMILES string of the molecule is COC(=O)c1ccc(C)c(S(=O)(=O)Nc2ccc3c(c2)sc(=O)n3C)c1. The highest BCUT2D eigenvalue weighted by Crippen LogP contribution is 2.25. The van der Waals surface area contributed by atoms with Gasteiger partial charge in [0.1, 0.15) is 0 Å². The van der Waals surface area contributed by atoms with Crippen LogP contribution in [0.5, 0.6) is 0 Å². The van der Waals surface area contributed by atoms with E-state index in [1.165, 1.54) is 23.8 Å². The third-order valence-corrected chi connectivity index (χ3v) is 6.46. The molecule has 0 fully saturated rings. The van der Waals surface area contributed by atoms with E-state index in [0.29, 0.717) is 16.0 Å². The fourth-order valence-corrected chi connectivity index (χ4v) is 4.78. The lowest BCUT2D eigenvalue weighted by molar-refractivity contribution is 0.0600. The standard InChI is InChI=1S/C17H16N2O5S2/c1-10-4-5-11(16(20)24-3)8-15(10)26(22,23)18-12-6-7-13-14(9-12)25-17(21)19(13)2/h4-9,18H,1-3H3. The van der Waals surface area contributed by atoms with Crippen molar-refractivity contribution in [2.24, 2.45) is 7.05 Å². The highest BCUT2D eigenvalue weighted by molar-refractivity contribution is 7.92. The average Bonchev–Trinajstić information content (AvgIpc) is 2.87. The first kappa shape index (κ1) is 18.2. The van der Waals surface area contributed by atoms with Gasteiger partial charge in [0, 0.05) is 7.05 Å². The number of aryl methyl sites for hydroxylation is 2. The molecule has 3 aromatic rings. The normalized spacial score (nSPS) is 11.5. The summed E-state index contributed by atoms with van der Waals surface area (Å²) in [6, 6.07) is 9.22. The van der Waals surface area contributed by atoms with Crippen LogP contribution in [0.4, 0.5) is 5.69 Å². The Morgan fingerprint density at radius 3 is 2.62 bits per heavy atom. The number of esters is 1. The molecule has 7 nitrogen and oxygen atoms in total. The maximum absolute atomic E-state index is 12.8. The molecule has 0 aliphatic carbocycles. The Balaban J connectivity index is 2.01. The van der Waals surface area contributed by atoms with Crippen molar-refractivity contribution < 1.29 is 17.9 Å². The number of fused-ring (bicyclic) bond motifs is 1. The topological polar surface area (TPSA) is 94.5 Å². The van der Waals surface area contributed by atoms with Gasteiger partial charge >= 0.3 is 10.8 Å². The summed E-state index contributed by atoms with van der Waals surface area (Å²) >= 11 is 1.04. The van der Waals surface area contributed by atoms with Gasteiger partial charge in [-0.2, -0.15) is 0 Å². The van der Waals surface area contributed by atoms with Crippen LogP contribution in [0, 0.1) is 6.92 Å². The summed E-state index contributed by atoms with van der Waals surface area (Å²) < 4.78 is 34.8. The molecule has 0 atom stereocenters. The highest BCUT2D eigenvalue weighted by Gasteiger charge is 2.20. The first-order valence-electron chi connectivity index (χ1n) is 7.54. The number of nitrogens with zero attached hydrogens (tertiary/aromatic N) is 1. The van der Waals surface area contributed by atoms with Gasteiger partial charge in [-0.25, -0.2) is 13.2 Å². The van der Waals surface area contributed by atoms with E-state index in [1.54, 1.807) is 38.2 Å². The molecule has 136 valence electrons. The fourth-order valence-electron chi connectivity index (χ4n) is 2.54. The van der Waals surface area contributed by atoms with Crippen LogP contribution in [-0.4, -0.2) is 26.1 Å². The number of methoxy groups -OCH3 is 1. The minimum Gasteiger partial charge on any atom is -0.465 e. The number of benzene rings is 2. The Labute approximate surface area is 153 Å². The molecule has 0 saturated heterocycles. The van der Waals surface area contributed by atoms with Crippen molar-refractivity contribution in [3.8, 4) is 0 Å². The summed E-state index contributed by atoms with van der Waals surface area (Å²) in [5, 5.41) is 0. The monoisotopic (exact) mass is 392 g/mol. The maximum Gasteiger partial charge on any atom is 0.337 e. The van der Waals surface area contributed by atoms with Crippen molar-refractivity contribution in [3.63, 3.8) is 0 Å². The van der Waals surface area contributed by atoms with E-state index in [2.05, 4.69) is 9.46 Å². The van der Waals surface area contributed by atoms with Crippen molar-refractivity contribution in [1.29, 1.82) is 0 Å². The Hall–Kier alpha value is -2.65. The second-order valence-corrected chi connectivity index (χ2v) is 8.33. The number of carbonyl (C=O) groups is 1. The van der Waals surface area contributed by atoms with Gasteiger partial charge in [0.25, 0.3) is 10.0 Å². The van der Waals surface area contributed by atoms with Crippen molar-refractivity contribution in [2.75, 3.05) is 11.8 Å². The number of ether oxygens (including phenoxy) is 1. The Bertz CT molecular complexity index is 1180. The van der Waals surface area contributed by atoms with E-state index < -0.39 is 16.0 Å². The van der Waals surface area contributed by atoms with Crippen molar-refractivity contribution in [1.82, 2.24) is 4.57 Å². The molecule has 1 heterocycles. The van der Waals surface area contributed by atoms with Gasteiger partial charge in [-0.05, 0) is 42.8 Å². The third-order valence-electron chi connectivity index (χ3n) is 3.94. The lowest BCUT2D eigenvalue weighted by Crippen LogP contribution is -2.15. The van der Waals surface area contributed by atoms with E-state index >= 15 is 0 Å². The molecular formula is C17H16N2O5S2. The summed E-state index contributed by atoms with van der Waals surface area (Å²) in [6.45, 7) is 1.64. The highest BCUT2D eigenvalue weighted by atomic mass is 32.2. The zero-order valence-electron chi connectivity index (χ0n) is 14.3. The van der Waals surface area contributed by atoms with Crippen LogP contribution in [0.2, 0.25) is 0 Å². The number of anilines is 1. The molecule has 26 heavy (non-hydrogen) atoms. The smallest absolute Gasteiger partial charge is 0.337 e. The Kier molecular flexibility index (Phi) is 4.59. The number of aromatic nitrogens is 1. The fraction of sp³-hybridized carbons (Fsp3) is 0.176. The van der Waals surface area contributed by atoms with Crippen LogP contribution in [0.15, 0.2) is 46.1 Å². The predicted octanol–water partition coefficient (Wildman–Crippen LogP) is 2.50. The van der Waals surface area contributed by atoms with Gasteiger partial charge in [0.2, 0.25) is 0 Å². The molecule has 0 aliphatic heterocycles. The largest absolute Gasteiger partial charge is 0.465 e. The minimum atomic E-state index is -3.92. The molecular weight excluding hydrogens is 376 g/mol. The zero-order chi connectivity index (χ0) is 19.1. The quantitative estimate of drug-likeness (QED) is 0.689. The van der Waals surface area contributed by atoms with Gasteiger partial charge in [-0.3, -0.25) is 9.52 Å². The molecule has 2 aromatic carbocycles. The summed E-state index contributed by atoms with van der Waals surface area (Å²) in [5.41, 5.74) is 1.71. The number of rotatable bonds is 4. The van der Waals surface area contributed by atoms with Crippen molar-refractivity contribution in [2.45, 2.75) is 11.8 Å². The number of nitrogens with one attached hydrogen (secondary N) is 1. The summed E-state index contributed by atoms with van der Waals surface area (Å²) in [4.78, 5) is 23.3. The molecule has 1 aromatic heterocycles.